The molecule has 0 aliphatic carbocycles. The van der Waals surface area contributed by atoms with Gasteiger partial charge in [0.2, 0.25) is 5.78 Å². The summed E-state index contributed by atoms with van der Waals surface area (Å²) in [5, 5.41) is 0. The van der Waals surface area contributed by atoms with Gasteiger partial charge in [-0.1, -0.05) is 6.07 Å². The lowest BCUT2D eigenvalue weighted by Crippen LogP contribution is -2.07. The molecule has 0 spiro atoms. The van der Waals surface area contributed by atoms with E-state index in [1.165, 1.54) is 6.07 Å². The van der Waals surface area contributed by atoms with Crippen molar-refractivity contribution in [3.63, 3.8) is 0 Å². The number of benzene rings is 2. The van der Waals surface area contributed by atoms with Crippen LogP contribution in [0.5, 0.6) is 0 Å². The fourth-order valence-electron chi connectivity index (χ4n) is 4.09. The van der Waals surface area contributed by atoms with E-state index in [4.69, 9.17) is 0 Å². The highest BCUT2D eigenvalue weighted by Gasteiger charge is 2.20. The van der Waals surface area contributed by atoms with Crippen LogP contribution >= 0.6 is 0 Å². The number of carbonyl (C=O) groups is 2. The average molecular weight is 447 g/mol. The van der Waals surface area contributed by atoms with Crippen molar-refractivity contribution in [3.8, 4) is 11.1 Å². The topological polar surface area (TPSA) is 56.4 Å². The second-order valence-electron chi connectivity index (χ2n) is 7.74. The van der Waals surface area contributed by atoms with Crippen LogP contribution in [0, 0.1) is 24.4 Å². The SMILES string of the molecule is Cc1nc2cc(-c3cccn4c(C(=O)c5cc(F)c(F)c(F)c5)ccc34)c(C=O)cc2n1C. The molecular formula is C25H16F3N3O2. The third-order valence-corrected chi connectivity index (χ3v) is 5.86. The lowest BCUT2D eigenvalue weighted by Gasteiger charge is -2.10. The Morgan fingerprint density at radius 1 is 0.970 bits per heavy atom. The highest BCUT2D eigenvalue weighted by atomic mass is 19.2. The first-order chi connectivity index (χ1) is 15.8. The van der Waals surface area contributed by atoms with Crippen molar-refractivity contribution in [2.75, 3.05) is 0 Å². The van der Waals surface area contributed by atoms with E-state index in [0.29, 0.717) is 34.3 Å². The van der Waals surface area contributed by atoms with E-state index in [-0.39, 0.29) is 11.3 Å². The first-order valence-electron chi connectivity index (χ1n) is 10.0. The van der Waals surface area contributed by atoms with Gasteiger partial charge in [0.15, 0.2) is 23.7 Å². The second kappa shape index (κ2) is 7.44. The Morgan fingerprint density at radius 3 is 2.39 bits per heavy atom. The van der Waals surface area contributed by atoms with Gasteiger partial charge in [0.1, 0.15) is 5.82 Å². The molecule has 0 aliphatic heterocycles. The molecule has 164 valence electrons. The molecule has 0 N–H and O–H groups in total. The molecule has 5 aromatic rings. The molecule has 0 bridgehead atoms. The smallest absolute Gasteiger partial charge is 0.209 e. The molecular weight excluding hydrogens is 431 g/mol. The van der Waals surface area contributed by atoms with Crippen LogP contribution in [0.15, 0.2) is 54.7 Å². The molecule has 0 unspecified atom stereocenters. The quantitative estimate of drug-likeness (QED) is 0.215. The molecule has 8 heteroatoms. The Morgan fingerprint density at radius 2 is 1.70 bits per heavy atom. The standard InChI is InChI=1S/C25H16F3N3O2/c1-13-29-20-11-17(15(12-32)10-23(20)30(13)2)16-4-3-7-31-21(16)5-6-22(31)25(33)14-8-18(26)24(28)19(27)9-14/h3-12H,1-2H3. The molecule has 3 aromatic heterocycles. The molecule has 0 saturated heterocycles. The molecule has 3 heterocycles. The summed E-state index contributed by atoms with van der Waals surface area (Å²) in [7, 11) is 1.87. The molecule has 0 fully saturated rings. The van der Waals surface area contributed by atoms with E-state index >= 15 is 0 Å². The lowest BCUT2D eigenvalue weighted by atomic mass is 9.99. The minimum Gasteiger partial charge on any atom is -0.331 e. The summed E-state index contributed by atoms with van der Waals surface area (Å²) in [4.78, 5) is 29.4. The van der Waals surface area contributed by atoms with Crippen molar-refractivity contribution in [3.05, 3.63) is 94.8 Å². The molecule has 0 atom stereocenters. The zero-order chi connectivity index (χ0) is 23.4. The first kappa shape index (κ1) is 20.7. The minimum atomic E-state index is -1.63. The summed E-state index contributed by atoms with van der Waals surface area (Å²) in [6, 6.07) is 11.6. The third kappa shape index (κ3) is 3.14. The van der Waals surface area contributed by atoms with Gasteiger partial charge in [-0.3, -0.25) is 9.59 Å². The highest BCUT2D eigenvalue weighted by molar-refractivity contribution is 6.09. The zero-order valence-electron chi connectivity index (χ0n) is 17.6. The number of aryl methyl sites for hydroxylation is 2. The van der Waals surface area contributed by atoms with E-state index in [0.717, 1.165) is 23.1 Å². The molecule has 5 nitrogen and oxygen atoms in total. The maximum Gasteiger partial charge on any atom is 0.209 e. The number of hydrogen-bond acceptors (Lipinski definition) is 3. The molecule has 0 saturated carbocycles. The number of imidazole rings is 1. The number of halogens is 3. The van der Waals surface area contributed by atoms with E-state index in [9.17, 15) is 22.8 Å². The summed E-state index contributed by atoms with van der Waals surface area (Å²) >= 11 is 0. The summed E-state index contributed by atoms with van der Waals surface area (Å²) in [5.74, 6) is -4.37. The van der Waals surface area contributed by atoms with Crippen LogP contribution < -0.4 is 0 Å². The Bertz CT molecular complexity index is 1590. The van der Waals surface area contributed by atoms with Gasteiger partial charge < -0.3 is 8.97 Å². The lowest BCUT2D eigenvalue weighted by molar-refractivity contribution is 0.103. The third-order valence-electron chi connectivity index (χ3n) is 5.86. The van der Waals surface area contributed by atoms with Crippen molar-refractivity contribution >= 4 is 28.6 Å². The van der Waals surface area contributed by atoms with Gasteiger partial charge in [-0.25, -0.2) is 18.2 Å². The largest absolute Gasteiger partial charge is 0.331 e. The monoisotopic (exact) mass is 447 g/mol. The predicted octanol–water partition coefficient (Wildman–Crippen LogP) is 5.26. The number of nitrogens with zero attached hydrogens (tertiary/aromatic N) is 3. The van der Waals surface area contributed by atoms with Crippen LogP contribution in [0.4, 0.5) is 13.2 Å². The van der Waals surface area contributed by atoms with Crippen LogP contribution in [-0.2, 0) is 7.05 Å². The zero-order valence-corrected chi connectivity index (χ0v) is 17.6. The Hall–Kier alpha value is -4.20. The number of pyridine rings is 1. The summed E-state index contributed by atoms with van der Waals surface area (Å²) in [5.41, 5.74) is 3.75. The van der Waals surface area contributed by atoms with Gasteiger partial charge in [-0.15, -0.1) is 0 Å². The van der Waals surface area contributed by atoms with E-state index < -0.39 is 23.2 Å². The Balaban J connectivity index is 1.69. The van der Waals surface area contributed by atoms with Crippen molar-refractivity contribution in [2.24, 2.45) is 7.05 Å². The van der Waals surface area contributed by atoms with Crippen LogP contribution in [0.1, 0.15) is 32.2 Å². The first-order valence-corrected chi connectivity index (χ1v) is 10.0. The summed E-state index contributed by atoms with van der Waals surface area (Å²) < 4.78 is 44.1. The van der Waals surface area contributed by atoms with Gasteiger partial charge in [0, 0.05) is 29.9 Å². The number of ketones is 1. The van der Waals surface area contributed by atoms with Gasteiger partial charge in [-0.2, -0.15) is 0 Å². The maximum atomic E-state index is 13.7. The Kier molecular flexibility index (Phi) is 4.67. The van der Waals surface area contributed by atoms with Crippen molar-refractivity contribution in [2.45, 2.75) is 6.92 Å². The van der Waals surface area contributed by atoms with E-state index in [1.54, 1.807) is 28.8 Å². The van der Waals surface area contributed by atoms with E-state index in [1.807, 2.05) is 30.7 Å². The molecule has 5 rings (SSSR count). The highest BCUT2D eigenvalue weighted by Crippen LogP contribution is 2.32. The van der Waals surface area contributed by atoms with Gasteiger partial charge in [-0.05, 0) is 55.0 Å². The number of aromatic nitrogens is 3. The molecule has 0 amide bonds. The number of carbonyl (C=O) groups excluding carboxylic acids is 2. The van der Waals surface area contributed by atoms with Crippen molar-refractivity contribution in [1.29, 1.82) is 0 Å². The van der Waals surface area contributed by atoms with Gasteiger partial charge in [0.25, 0.3) is 0 Å². The van der Waals surface area contributed by atoms with Crippen LogP contribution in [0.25, 0.3) is 27.7 Å². The van der Waals surface area contributed by atoms with Crippen LogP contribution in [-0.4, -0.2) is 26.0 Å². The van der Waals surface area contributed by atoms with Crippen molar-refractivity contribution in [1.82, 2.24) is 14.0 Å². The van der Waals surface area contributed by atoms with Crippen molar-refractivity contribution < 1.29 is 22.8 Å². The number of fused-ring (bicyclic) bond motifs is 2. The summed E-state index contributed by atoms with van der Waals surface area (Å²) in [6.07, 6.45) is 2.39. The van der Waals surface area contributed by atoms with Crippen LogP contribution in [0.2, 0.25) is 0 Å². The minimum absolute atomic E-state index is 0.139. The number of aldehydes is 1. The average Bonchev–Trinajstić information content (AvgIpc) is 3.36. The molecule has 33 heavy (non-hydrogen) atoms. The van der Waals surface area contributed by atoms with E-state index in [2.05, 4.69) is 4.98 Å². The number of rotatable bonds is 4. The normalized spacial score (nSPS) is 11.4. The molecule has 2 aromatic carbocycles. The fraction of sp³-hybridized carbons (Fsp3) is 0.0800. The maximum absolute atomic E-state index is 13.7. The molecule has 0 aliphatic rings. The predicted molar refractivity (Wildman–Crippen MR) is 117 cm³/mol. The fourth-order valence-corrected chi connectivity index (χ4v) is 4.09. The van der Waals surface area contributed by atoms with Gasteiger partial charge >= 0.3 is 0 Å². The van der Waals surface area contributed by atoms with Gasteiger partial charge in [0.05, 0.1) is 22.2 Å². The number of hydrogen-bond donors (Lipinski definition) is 0. The Labute approximate surface area is 185 Å². The summed E-state index contributed by atoms with van der Waals surface area (Å²) in [6.45, 7) is 1.87. The molecule has 0 radical (unpaired) electrons. The van der Waals surface area contributed by atoms with Crippen LogP contribution in [0.3, 0.4) is 0 Å². The second-order valence-corrected chi connectivity index (χ2v) is 7.74.